The van der Waals surface area contributed by atoms with Crippen LogP contribution in [0.25, 0.3) is 5.57 Å². The van der Waals surface area contributed by atoms with Gasteiger partial charge in [0.15, 0.2) is 0 Å². The summed E-state index contributed by atoms with van der Waals surface area (Å²) in [5, 5.41) is 3.25. The number of para-hydroxylation sites is 1. The summed E-state index contributed by atoms with van der Waals surface area (Å²) in [6.45, 7) is 4.58. The number of hydrogen-bond acceptors (Lipinski definition) is 5. The van der Waals surface area contributed by atoms with Gasteiger partial charge >= 0.3 is 5.97 Å². The lowest BCUT2D eigenvalue weighted by atomic mass is 9.94. The Bertz CT molecular complexity index is 856. The molecule has 0 saturated carbocycles. The third kappa shape index (κ3) is 3.47. The molecule has 0 bridgehead atoms. The Hall–Kier alpha value is -2.89. The van der Waals surface area contributed by atoms with Gasteiger partial charge in [0.1, 0.15) is 11.4 Å². The Morgan fingerprint density at radius 2 is 2.16 bits per heavy atom. The Labute approximate surface area is 146 Å². The van der Waals surface area contributed by atoms with Gasteiger partial charge in [-0.1, -0.05) is 25.1 Å². The van der Waals surface area contributed by atoms with Gasteiger partial charge in [-0.15, -0.1) is 0 Å². The zero-order chi connectivity index (χ0) is 17.8. The fraction of sp³-hybridized carbons (Fsp3) is 0.316. The van der Waals surface area contributed by atoms with Crippen LogP contribution in [0.1, 0.15) is 36.5 Å². The SMILES string of the molecule is CCOC(=O)c1cnc2n(c1=O)CCC(C)/C2=C/Nc1ccccc1. The lowest BCUT2D eigenvalue weighted by Gasteiger charge is -2.25. The fourth-order valence-corrected chi connectivity index (χ4v) is 2.88. The van der Waals surface area contributed by atoms with Crippen molar-refractivity contribution >= 4 is 17.2 Å². The van der Waals surface area contributed by atoms with E-state index >= 15 is 0 Å². The van der Waals surface area contributed by atoms with Crippen LogP contribution in [0, 0.1) is 5.92 Å². The molecule has 0 spiro atoms. The van der Waals surface area contributed by atoms with Crippen LogP contribution in [0.2, 0.25) is 0 Å². The number of benzene rings is 1. The highest BCUT2D eigenvalue weighted by atomic mass is 16.5. The minimum atomic E-state index is -0.623. The zero-order valence-corrected chi connectivity index (χ0v) is 14.4. The molecule has 1 aliphatic rings. The van der Waals surface area contributed by atoms with Gasteiger partial charge < -0.3 is 10.1 Å². The van der Waals surface area contributed by atoms with Crippen LogP contribution in [0.5, 0.6) is 0 Å². The number of aromatic nitrogens is 2. The predicted octanol–water partition coefficient (Wildman–Crippen LogP) is 2.91. The largest absolute Gasteiger partial charge is 0.462 e. The summed E-state index contributed by atoms with van der Waals surface area (Å²) in [4.78, 5) is 28.9. The van der Waals surface area contributed by atoms with Crippen LogP contribution in [-0.2, 0) is 11.3 Å². The zero-order valence-electron chi connectivity index (χ0n) is 14.4. The highest BCUT2D eigenvalue weighted by Crippen LogP contribution is 2.29. The molecular formula is C19H21N3O3. The maximum absolute atomic E-state index is 12.6. The first-order valence-electron chi connectivity index (χ1n) is 8.40. The second kappa shape index (κ2) is 7.34. The van der Waals surface area contributed by atoms with Gasteiger partial charge in [0.05, 0.1) is 6.61 Å². The lowest BCUT2D eigenvalue weighted by molar-refractivity contribution is 0.0522. The highest BCUT2D eigenvalue weighted by molar-refractivity contribution is 5.88. The smallest absolute Gasteiger partial charge is 0.345 e. The Kier molecular flexibility index (Phi) is 4.97. The number of hydrogen-bond donors (Lipinski definition) is 1. The van der Waals surface area contributed by atoms with Gasteiger partial charge in [-0.2, -0.15) is 0 Å². The highest BCUT2D eigenvalue weighted by Gasteiger charge is 2.25. The minimum absolute atomic E-state index is 0.0180. The summed E-state index contributed by atoms with van der Waals surface area (Å²) >= 11 is 0. The van der Waals surface area contributed by atoms with E-state index in [9.17, 15) is 9.59 Å². The molecular weight excluding hydrogens is 318 g/mol. The first-order chi connectivity index (χ1) is 12.1. The van der Waals surface area contributed by atoms with E-state index in [1.165, 1.54) is 6.20 Å². The molecule has 0 saturated heterocycles. The molecule has 1 unspecified atom stereocenters. The molecule has 1 aromatic carbocycles. The van der Waals surface area contributed by atoms with Gasteiger partial charge in [0, 0.05) is 30.2 Å². The van der Waals surface area contributed by atoms with Crippen molar-refractivity contribution in [2.24, 2.45) is 5.92 Å². The van der Waals surface area contributed by atoms with Crippen LogP contribution >= 0.6 is 0 Å². The molecule has 2 aromatic rings. The summed E-state index contributed by atoms with van der Waals surface area (Å²) in [5.41, 5.74) is 1.55. The summed E-state index contributed by atoms with van der Waals surface area (Å²) in [5.74, 6) is 0.235. The van der Waals surface area contributed by atoms with Crippen molar-refractivity contribution in [1.82, 2.24) is 9.55 Å². The Balaban J connectivity index is 1.97. The molecule has 0 aliphatic carbocycles. The monoisotopic (exact) mass is 339 g/mol. The van der Waals surface area contributed by atoms with Crippen LogP contribution in [0.15, 0.2) is 47.5 Å². The molecule has 0 fully saturated rings. The lowest BCUT2D eigenvalue weighted by Crippen LogP contribution is -2.34. The number of nitrogens with zero attached hydrogens (tertiary/aromatic N) is 2. The fourth-order valence-electron chi connectivity index (χ4n) is 2.88. The second-order valence-corrected chi connectivity index (χ2v) is 5.97. The third-order valence-corrected chi connectivity index (χ3v) is 4.29. The number of carbonyl (C=O) groups excluding carboxylic acids is 1. The first kappa shape index (κ1) is 17.0. The standard InChI is InChI=1S/C19H21N3O3/c1-3-25-19(24)16-12-21-17-15(11-20-14-7-5-4-6-8-14)13(2)9-10-22(17)18(16)23/h4-8,11-13,20H,3,9-10H2,1-2H3/b15-11-. The molecule has 6 heteroatoms. The van der Waals surface area contributed by atoms with Gasteiger partial charge in [-0.3, -0.25) is 9.36 Å². The van der Waals surface area contributed by atoms with E-state index in [0.29, 0.717) is 12.4 Å². The molecule has 6 nitrogen and oxygen atoms in total. The molecule has 3 rings (SSSR count). The van der Waals surface area contributed by atoms with E-state index in [1.807, 2.05) is 36.5 Å². The van der Waals surface area contributed by atoms with E-state index in [0.717, 1.165) is 17.7 Å². The average molecular weight is 339 g/mol. The van der Waals surface area contributed by atoms with Crippen LogP contribution in [0.4, 0.5) is 5.69 Å². The summed E-state index contributed by atoms with van der Waals surface area (Å²) in [6.07, 6.45) is 4.02. The van der Waals surface area contributed by atoms with Crippen molar-refractivity contribution < 1.29 is 9.53 Å². The molecule has 130 valence electrons. The average Bonchev–Trinajstić information content (AvgIpc) is 2.62. The number of nitrogens with one attached hydrogen (secondary N) is 1. The van der Waals surface area contributed by atoms with Crippen molar-refractivity contribution in [2.75, 3.05) is 11.9 Å². The van der Waals surface area contributed by atoms with Crippen molar-refractivity contribution in [3.63, 3.8) is 0 Å². The number of allylic oxidation sites excluding steroid dienone is 1. The molecule has 1 aliphatic heterocycles. The second-order valence-electron chi connectivity index (χ2n) is 5.97. The summed E-state index contributed by atoms with van der Waals surface area (Å²) < 4.78 is 6.49. The quantitative estimate of drug-likeness (QED) is 0.867. The van der Waals surface area contributed by atoms with E-state index in [4.69, 9.17) is 4.74 Å². The van der Waals surface area contributed by atoms with Crippen molar-refractivity contribution in [3.05, 3.63) is 64.5 Å². The van der Waals surface area contributed by atoms with Crippen LogP contribution in [-0.4, -0.2) is 22.1 Å². The minimum Gasteiger partial charge on any atom is -0.462 e. The molecule has 1 atom stereocenters. The maximum atomic E-state index is 12.6. The number of carbonyl (C=O) groups is 1. The van der Waals surface area contributed by atoms with Crippen molar-refractivity contribution in [2.45, 2.75) is 26.8 Å². The number of rotatable bonds is 4. The maximum Gasteiger partial charge on any atom is 0.345 e. The molecule has 25 heavy (non-hydrogen) atoms. The van der Waals surface area contributed by atoms with E-state index < -0.39 is 5.97 Å². The van der Waals surface area contributed by atoms with Crippen molar-refractivity contribution in [1.29, 1.82) is 0 Å². The van der Waals surface area contributed by atoms with Gasteiger partial charge in [-0.25, -0.2) is 9.78 Å². The summed E-state index contributed by atoms with van der Waals surface area (Å²) in [7, 11) is 0. The molecule has 0 radical (unpaired) electrons. The Morgan fingerprint density at radius 1 is 1.40 bits per heavy atom. The number of ether oxygens (including phenoxy) is 1. The van der Waals surface area contributed by atoms with Gasteiger partial charge in [-0.05, 0) is 31.4 Å². The first-order valence-corrected chi connectivity index (χ1v) is 8.40. The number of fused-ring (bicyclic) bond motifs is 1. The number of esters is 1. The predicted molar refractivity (Wildman–Crippen MR) is 96.3 cm³/mol. The molecule has 2 heterocycles. The molecule has 1 N–H and O–H groups in total. The van der Waals surface area contributed by atoms with E-state index in [1.54, 1.807) is 11.5 Å². The molecule has 1 aromatic heterocycles. The van der Waals surface area contributed by atoms with Crippen LogP contribution < -0.4 is 10.9 Å². The van der Waals surface area contributed by atoms with E-state index in [2.05, 4.69) is 17.2 Å². The van der Waals surface area contributed by atoms with Gasteiger partial charge in [0.2, 0.25) is 0 Å². The summed E-state index contributed by atoms with van der Waals surface area (Å²) in [6, 6.07) is 9.79. The van der Waals surface area contributed by atoms with Crippen LogP contribution in [0.3, 0.4) is 0 Å². The van der Waals surface area contributed by atoms with E-state index in [-0.39, 0.29) is 23.6 Å². The molecule has 0 amide bonds. The van der Waals surface area contributed by atoms with Gasteiger partial charge in [0.25, 0.3) is 5.56 Å². The van der Waals surface area contributed by atoms with Crippen molar-refractivity contribution in [3.8, 4) is 0 Å². The Morgan fingerprint density at radius 3 is 2.88 bits per heavy atom. The topological polar surface area (TPSA) is 73.2 Å². The third-order valence-electron chi connectivity index (χ3n) is 4.29. The normalized spacial score (nSPS) is 17.8. The number of anilines is 1.